The predicted molar refractivity (Wildman–Crippen MR) is 121 cm³/mol. The molecule has 12 heteroatoms. The van der Waals surface area contributed by atoms with Crippen LogP contribution in [-0.4, -0.2) is 40.9 Å². The summed E-state index contributed by atoms with van der Waals surface area (Å²) in [6.07, 6.45) is 0. The van der Waals surface area contributed by atoms with Gasteiger partial charge in [-0.05, 0) is 20.8 Å². The molecule has 3 aromatic rings. The number of rotatable bonds is 0. The highest BCUT2D eigenvalue weighted by Crippen LogP contribution is 1.89. The highest BCUT2D eigenvalue weighted by atomic mass is 16.5. The van der Waals surface area contributed by atoms with Crippen molar-refractivity contribution in [3.05, 3.63) is 33.9 Å². The van der Waals surface area contributed by atoms with E-state index in [1.54, 1.807) is 33.8 Å². The molecule has 0 saturated heterocycles. The Morgan fingerprint density at radius 1 is 0.839 bits per heavy atom. The molecular formula is C19H41N9O3. The molecule has 0 unspecified atom stereocenters. The van der Waals surface area contributed by atoms with Crippen LogP contribution in [0.5, 0.6) is 0 Å². The standard InChI is InChI=1S/C4H6N2O.C3H4N2O2.C2H4N4.C2H3N.4C2H6/c1-3-5-4(2)7-6-3;1-2-4-3(6)7-5-2;1-2-3-5-6-4-2;1-2-3;4*1-2/h1-2H3;1H3,(H,4,5,6);1H3,(H,3,4,5,6);1H3;4*1-2H3. The Balaban J connectivity index is -0.0000000895. The minimum absolute atomic E-state index is 0.502. The first-order valence-electron chi connectivity index (χ1n) is 10.2. The van der Waals surface area contributed by atoms with Gasteiger partial charge in [0.05, 0.1) is 6.07 Å². The van der Waals surface area contributed by atoms with Gasteiger partial charge in [-0.1, -0.05) is 70.9 Å². The van der Waals surface area contributed by atoms with E-state index >= 15 is 0 Å². The van der Waals surface area contributed by atoms with Crippen molar-refractivity contribution in [3.63, 3.8) is 0 Å². The van der Waals surface area contributed by atoms with Crippen LogP contribution in [0.3, 0.4) is 0 Å². The number of aromatic nitrogens is 8. The monoisotopic (exact) mass is 443 g/mol. The van der Waals surface area contributed by atoms with Crippen LogP contribution in [0.1, 0.15) is 85.7 Å². The van der Waals surface area contributed by atoms with Gasteiger partial charge in [0.2, 0.25) is 5.89 Å². The van der Waals surface area contributed by atoms with E-state index in [0.29, 0.717) is 23.4 Å². The number of nitrogens with one attached hydrogen (secondary N) is 2. The van der Waals surface area contributed by atoms with E-state index in [1.807, 2.05) is 55.4 Å². The maximum Gasteiger partial charge on any atom is 0.438 e. The third kappa shape index (κ3) is 34.5. The van der Waals surface area contributed by atoms with E-state index < -0.39 is 5.76 Å². The fourth-order valence-corrected chi connectivity index (χ4v) is 0.916. The molecule has 180 valence electrons. The Kier molecular flexibility index (Phi) is 42.2. The zero-order valence-corrected chi connectivity index (χ0v) is 21.4. The molecule has 2 N–H and O–H groups in total. The topological polar surface area (TPSA) is 176 Å². The van der Waals surface area contributed by atoms with Crippen LogP contribution >= 0.6 is 0 Å². The third-order valence-electron chi connectivity index (χ3n) is 1.63. The zero-order valence-electron chi connectivity index (χ0n) is 21.4. The molecule has 0 bridgehead atoms. The predicted octanol–water partition coefficient (Wildman–Crippen LogP) is 4.50. The number of hydrogen-bond donors (Lipinski definition) is 2. The Morgan fingerprint density at radius 2 is 1.32 bits per heavy atom. The van der Waals surface area contributed by atoms with Gasteiger partial charge < -0.3 is 4.52 Å². The number of nitrogens with zero attached hydrogens (tertiary/aromatic N) is 7. The average molecular weight is 444 g/mol. The molecule has 0 fully saturated rings. The molecule has 0 aliphatic carbocycles. The second kappa shape index (κ2) is 34.2. The molecule has 12 nitrogen and oxygen atoms in total. The lowest BCUT2D eigenvalue weighted by atomic mass is 10.7. The largest absolute Gasteiger partial charge is 0.438 e. The van der Waals surface area contributed by atoms with E-state index in [4.69, 9.17) is 5.26 Å². The van der Waals surface area contributed by atoms with Crippen LogP contribution in [-0.2, 0) is 0 Å². The van der Waals surface area contributed by atoms with E-state index in [0.717, 1.165) is 0 Å². The fourth-order valence-electron chi connectivity index (χ4n) is 0.916. The Hall–Kier alpha value is -3.36. The third-order valence-corrected chi connectivity index (χ3v) is 1.63. The van der Waals surface area contributed by atoms with Gasteiger partial charge in [0, 0.05) is 13.8 Å². The number of nitriles is 1. The molecule has 3 rings (SSSR count). The Morgan fingerprint density at radius 3 is 1.42 bits per heavy atom. The molecule has 3 heterocycles. The van der Waals surface area contributed by atoms with Crippen LogP contribution in [0.15, 0.2) is 13.8 Å². The highest BCUT2D eigenvalue weighted by molar-refractivity contribution is 4.77. The molecule has 0 spiro atoms. The number of aromatic amines is 2. The van der Waals surface area contributed by atoms with E-state index in [9.17, 15) is 4.79 Å². The van der Waals surface area contributed by atoms with Crippen LogP contribution < -0.4 is 5.76 Å². The summed E-state index contributed by atoms with van der Waals surface area (Å²) in [6, 6.07) is 1.75. The first-order valence-corrected chi connectivity index (χ1v) is 10.2. The summed E-state index contributed by atoms with van der Waals surface area (Å²) in [5, 5.41) is 26.8. The lowest BCUT2D eigenvalue weighted by Crippen LogP contribution is -1.93. The van der Waals surface area contributed by atoms with Crippen molar-refractivity contribution >= 4 is 0 Å². The van der Waals surface area contributed by atoms with Crippen molar-refractivity contribution in [1.82, 2.24) is 40.9 Å². The van der Waals surface area contributed by atoms with Crippen LogP contribution in [0.25, 0.3) is 0 Å². The molecule has 0 aromatic carbocycles. The first kappa shape index (κ1) is 38.3. The summed E-state index contributed by atoms with van der Waals surface area (Å²) in [5.41, 5.74) is 0. The molecule has 0 aliphatic rings. The van der Waals surface area contributed by atoms with Crippen LogP contribution in [0.2, 0.25) is 0 Å². The molecule has 0 saturated carbocycles. The molecule has 0 radical (unpaired) electrons. The molecule has 0 amide bonds. The van der Waals surface area contributed by atoms with Crippen molar-refractivity contribution < 1.29 is 9.05 Å². The maximum absolute atomic E-state index is 10.0. The van der Waals surface area contributed by atoms with Crippen molar-refractivity contribution in [2.24, 2.45) is 0 Å². The molecule has 0 atom stereocenters. The van der Waals surface area contributed by atoms with Crippen LogP contribution in [0.4, 0.5) is 0 Å². The number of H-pyrrole nitrogens is 2. The van der Waals surface area contributed by atoms with Gasteiger partial charge in [-0.15, -0.1) is 10.2 Å². The van der Waals surface area contributed by atoms with E-state index in [1.165, 1.54) is 6.92 Å². The second-order valence-corrected chi connectivity index (χ2v) is 3.72. The fraction of sp³-hybridized carbons (Fsp3) is 0.684. The number of tetrazole rings is 1. The van der Waals surface area contributed by atoms with Gasteiger partial charge in [0.1, 0.15) is 5.82 Å². The summed E-state index contributed by atoms with van der Waals surface area (Å²) in [5.74, 6) is 1.99. The minimum Gasteiger partial charge on any atom is -0.340 e. The summed E-state index contributed by atoms with van der Waals surface area (Å²) < 4.78 is 8.71. The summed E-state index contributed by atoms with van der Waals surface area (Å²) in [7, 11) is 0. The normalized spacial score (nSPS) is 6.97. The Labute approximate surface area is 185 Å². The van der Waals surface area contributed by atoms with Crippen molar-refractivity contribution in [2.75, 3.05) is 0 Å². The average Bonchev–Trinajstić information content (AvgIpc) is 3.53. The van der Waals surface area contributed by atoms with Gasteiger partial charge >= 0.3 is 5.76 Å². The zero-order chi connectivity index (χ0) is 25.7. The van der Waals surface area contributed by atoms with E-state index in [-0.39, 0.29) is 0 Å². The molecule has 0 aliphatic heterocycles. The summed E-state index contributed by atoms with van der Waals surface area (Å²) in [4.78, 5) is 16.1. The van der Waals surface area contributed by atoms with Gasteiger partial charge in [0.25, 0.3) is 0 Å². The SMILES string of the molecule is CC.CC.CC.CC.CC#N.Cc1nn[nH]n1.Cc1noc(=O)[nH]1.Cc1noc(C)n1. The number of aryl methyl sites for hydroxylation is 4. The summed E-state index contributed by atoms with van der Waals surface area (Å²) in [6.45, 7) is 24.4. The smallest absolute Gasteiger partial charge is 0.340 e. The van der Waals surface area contributed by atoms with Gasteiger partial charge in [-0.2, -0.15) is 15.5 Å². The lowest BCUT2D eigenvalue weighted by Gasteiger charge is -1.64. The van der Waals surface area contributed by atoms with Gasteiger partial charge in [0.15, 0.2) is 11.6 Å². The molecule has 31 heavy (non-hydrogen) atoms. The highest BCUT2D eigenvalue weighted by Gasteiger charge is 1.90. The van der Waals surface area contributed by atoms with Gasteiger partial charge in [-0.25, -0.2) is 4.79 Å². The molecule has 3 aromatic heterocycles. The maximum atomic E-state index is 10.0. The first-order chi connectivity index (χ1) is 14.9. The summed E-state index contributed by atoms with van der Waals surface area (Å²) >= 11 is 0. The van der Waals surface area contributed by atoms with Gasteiger partial charge in [-0.3, -0.25) is 9.51 Å². The Bertz CT molecular complexity index is 726. The quantitative estimate of drug-likeness (QED) is 0.502. The number of hydrogen-bond acceptors (Lipinski definition) is 10. The van der Waals surface area contributed by atoms with Crippen molar-refractivity contribution in [2.45, 2.75) is 90.0 Å². The van der Waals surface area contributed by atoms with E-state index in [2.05, 4.69) is 50.0 Å². The lowest BCUT2D eigenvalue weighted by molar-refractivity contribution is 0.383. The second-order valence-electron chi connectivity index (χ2n) is 3.72. The van der Waals surface area contributed by atoms with Crippen LogP contribution in [0, 0.1) is 39.0 Å². The van der Waals surface area contributed by atoms with Crippen molar-refractivity contribution in [3.8, 4) is 6.07 Å². The minimum atomic E-state index is -0.502. The van der Waals surface area contributed by atoms with Crippen molar-refractivity contribution in [1.29, 1.82) is 5.26 Å². The molecular weight excluding hydrogens is 402 g/mol.